The van der Waals surface area contributed by atoms with E-state index in [2.05, 4.69) is 30.3 Å². The Morgan fingerprint density at radius 1 is 1.41 bits per heavy atom. The van der Waals surface area contributed by atoms with Gasteiger partial charge < -0.3 is 5.32 Å². The summed E-state index contributed by atoms with van der Waals surface area (Å²) in [7, 11) is 4.19. The van der Waals surface area contributed by atoms with Crippen molar-refractivity contribution in [3.63, 3.8) is 0 Å². The highest BCUT2D eigenvalue weighted by molar-refractivity contribution is 6.30. The van der Waals surface area contributed by atoms with E-state index < -0.39 is 0 Å². The van der Waals surface area contributed by atoms with Gasteiger partial charge in [0.05, 0.1) is 0 Å². The predicted octanol–water partition coefficient (Wildman–Crippen LogP) is 3.16. The molecule has 0 aliphatic rings. The lowest BCUT2D eigenvalue weighted by Gasteiger charge is -2.27. The third-order valence-electron chi connectivity index (χ3n) is 3.01. The summed E-state index contributed by atoms with van der Waals surface area (Å²) in [6.07, 6.45) is 2.43. The molecule has 0 radical (unpaired) electrons. The summed E-state index contributed by atoms with van der Waals surface area (Å²) < 4.78 is 0. The second-order valence-electron chi connectivity index (χ2n) is 4.55. The molecular formula is C14H23ClN2. The normalized spacial score (nSPS) is 13.0. The van der Waals surface area contributed by atoms with E-state index in [1.165, 1.54) is 18.4 Å². The summed E-state index contributed by atoms with van der Waals surface area (Å²) in [5.74, 6) is 0. The van der Waals surface area contributed by atoms with Gasteiger partial charge in [0.2, 0.25) is 0 Å². The molecule has 1 N–H and O–H groups in total. The molecule has 0 bridgehead atoms. The van der Waals surface area contributed by atoms with Gasteiger partial charge in [0.1, 0.15) is 0 Å². The molecule has 0 aliphatic carbocycles. The summed E-state index contributed by atoms with van der Waals surface area (Å²) in [6.45, 7) is 4.22. The molecule has 96 valence electrons. The minimum absolute atomic E-state index is 0.587. The van der Waals surface area contributed by atoms with Gasteiger partial charge in [0, 0.05) is 24.2 Å². The molecule has 3 heteroatoms. The number of halogens is 1. The monoisotopic (exact) mass is 254 g/mol. The Kier molecular flexibility index (Phi) is 6.56. The Labute approximate surface area is 110 Å². The zero-order valence-electron chi connectivity index (χ0n) is 11.0. The maximum Gasteiger partial charge on any atom is 0.0409 e. The second kappa shape index (κ2) is 7.70. The summed E-state index contributed by atoms with van der Waals surface area (Å²) in [6, 6.07) is 8.69. The first kappa shape index (κ1) is 14.5. The minimum Gasteiger partial charge on any atom is -0.318 e. The van der Waals surface area contributed by atoms with Crippen LogP contribution in [0.3, 0.4) is 0 Å². The number of rotatable bonds is 7. The van der Waals surface area contributed by atoms with Crippen molar-refractivity contribution in [1.82, 2.24) is 10.2 Å². The van der Waals surface area contributed by atoms with Gasteiger partial charge in [-0.2, -0.15) is 0 Å². The molecule has 0 spiro atoms. The number of likely N-dealkylation sites (N-methyl/N-ethyl adjacent to an activating group) is 2. The summed E-state index contributed by atoms with van der Waals surface area (Å²) in [5, 5.41) is 4.08. The summed E-state index contributed by atoms with van der Waals surface area (Å²) >= 11 is 6.00. The molecule has 1 aromatic carbocycles. The van der Waals surface area contributed by atoms with E-state index in [4.69, 9.17) is 11.6 Å². The second-order valence-corrected chi connectivity index (χ2v) is 4.98. The molecule has 0 saturated carbocycles. The van der Waals surface area contributed by atoms with Crippen LogP contribution in [0.2, 0.25) is 5.02 Å². The van der Waals surface area contributed by atoms with Crippen LogP contribution in [0.4, 0.5) is 0 Å². The molecule has 0 aliphatic heterocycles. The van der Waals surface area contributed by atoms with Gasteiger partial charge in [-0.25, -0.2) is 0 Å². The molecule has 0 aromatic heterocycles. The van der Waals surface area contributed by atoms with E-state index in [1.807, 2.05) is 25.2 Å². The highest BCUT2D eigenvalue weighted by Gasteiger charge is 2.13. The molecule has 0 fully saturated rings. The van der Waals surface area contributed by atoms with Gasteiger partial charge in [-0.15, -0.1) is 0 Å². The summed E-state index contributed by atoms with van der Waals surface area (Å²) in [5.41, 5.74) is 1.28. The van der Waals surface area contributed by atoms with E-state index in [1.54, 1.807) is 0 Å². The largest absolute Gasteiger partial charge is 0.318 e. The molecule has 1 atom stereocenters. The zero-order valence-corrected chi connectivity index (χ0v) is 11.8. The van der Waals surface area contributed by atoms with Crippen LogP contribution < -0.4 is 5.32 Å². The zero-order chi connectivity index (χ0) is 12.7. The van der Waals surface area contributed by atoms with Crippen molar-refractivity contribution in [2.75, 3.05) is 20.6 Å². The van der Waals surface area contributed by atoms with Crippen molar-refractivity contribution in [3.05, 3.63) is 34.9 Å². The van der Waals surface area contributed by atoms with Crippen molar-refractivity contribution in [2.45, 2.75) is 32.4 Å². The van der Waals surface area contributed by atoms with Gasteiger partial charge >= 0.3 is 0 Å². The van der Waals surface area contributed by atoms with E-state index in [0.717, 1.165) is 18.1 Å². The van der Waals surface area contributed by atoms with Gasteiger partial charge in [-0.05, 0) is 38.2 Å². The average Bonchev–Trinajstić information content (AvgIpc) is 2.28. The Morgan fingerprint density at radius 2 is 2.18 bits per heavy atom. The lowest BCUT2D eigenvalue weighted by molar-refractivity contribution is 0.218. The van der Waals surface area contributed by atoms with Crippen LogP contribution in [0.5, 0.6) is 0 Å². The molecule has 0 heterocycles. The Morgan fingerprint density at radius 3 is 2.76 bits per heavy atom. The number of hydrogen-bond acceptors (Lipinski definition) is 2. The molecule has 1 rings (SSSR count). The standard InChI is InChI=1S/C14H23ClN2/c1-4-6-14(10-16-2)17(3)11-12-7-5-8-13(15)9-12/h5,7-9,14,16H,4,6,10-11H2,1-3H3. The van der Waals surface area contributed by atoms with Crippen molar-refractivity contribution in [2.24, 2.45) is 0 Å². The minimum atomic E-state index is 0.587. The Hall–Kier alpha value is -0.570. The van der Waals surface area contributed by atoms with Crippen molar-refractivity contribution in [1.29, 1.82) is 0 Å². The van der Waals surface area contributed by atoms with Crippen LogP contribution in [-0.4, -0.2) is 31.6 Å². The van der Waals surface area contributed by atoms with Crippen LogP contribution in [-0.2, 0) is 6.54 Å². The van der Waals surface area contributed by atoms with E-state index in [0.29, 0.717) is 6.04 Å². The summed E-state index contributed by atoms with van der Waals surface area (Å²) in [4.78, 5) is 2.39. The quantitative estimate of drug-likeness (QED) is 0.804. The van der Waals surface area contributed by atoms with Crippen LogP contribution >= 0.6 is 11.6 Å². The number of nitrogens with one attached hydrogen (secondary N) is 1. The molecule has 0 amide bonds. The Balaban J connectivity index is 2.59. The highest BCUT2D eigenvalue weighted by Crippen LogP contribution is 2.14. The fourth-order valence-electron chi connectivity index (χ4n) is 2.10. The fourth-order valence-corrected chi connectivity index (χ4v) is 2.31. The molecule has 1 aromatic rings. The fraction of sp³-hybridized carbons (Fsp3) is 0.571. The maximum absolute atomic E-state index is 6.00. The third kappa shape index (κ3) is 5.07. The number of hydrogen-bond donors (Lipinski definition) is 1. The van der Waals surface area contributed by atoms with Gasteiger partial charge in [-0.3, -0.25) is 4.90 Å². The van der Waals surface area contributed by atoms with Gasteiger partial charge in [0.25, 0.3) is 0 Å². The van der Waals surface area contributed by atoms with Crippen LogP contribution in [0.25, 0.3) is 0 Å². The average molecular weight is 255 g/mol. The van der Waals surface area contributed by atoms with Gasteiger partial charge in [0.15, 0.2) is 0 Å². The number of nitrogens with zero attached hydrogens (tertiary/aromatic N) is 1. The van der Waals surface area contributed by atoms with E-state index >= 15 is 0 Å². The molecule has 1 unspecified atom stereocenters. The SMILES string of the molecule is CCCC(CNC)N(C)Cc1cccc(Cl)c1. The topological polar surface area (TPSA) is 15.3 Å². The third-order valence-corrected chi connectivity index (χ3v) is 3.24. The van der Waals surface area contributed by atoms with Crippen LogP contribution in [0, 0.1) is 0 Å². The highest BCUT2D eigenvalue weighted by atomic mass is 35.5. The molecule has 17 heavy (non-hydrogen) atoms. The van der Waals surface area contributed by atoms with Crippen molar-refractivity contribution < 1.29 is 0 Å². The van der Waals surface area contributed by atoms with E-state index in [9.17, 15) is 0 Å². The number of benzene rings is 1. The Bertz CT molecular complexity index is 322. The van der Waals surface area contributed by atoms with Crippen molar-refractivity contribution >= 4 is 11.6 Å². The van der Waals surface area contributed by atoms with Gasteiger partial charge in [-0.1, -0.05) is 37.1 Å². The first-order valence-corrected chi connectivity index (χ1v) is 6.64. The van der Waals surface area contributed by atoms with Crippen molar-refractivity contribution in [3.8, 4) is 0 Å². The predicted molar refractivity (Wildman–Crippen MR) is 75.5 cm³/mol. The molecule has 0 saturated heterocycles. The molecule has 2 nitrogen and oxygen atoms in total. The smallest absolute Gasteiger partial charge is 0.0409 e. The lowest BCUT2D eigenvalue weighted by Crippen LogP contribution is -2.38. The lowest BCUT2D eigenvalue weighted by atomic mass is 10.1. The maximum atomic E-state index is 6.00. The van der Waals surface area contributed by atoms with E-state index in [-0.39, 0.29) is 0 Å². The van der Waals surface area contributed by atoms with Crippen LogP contribution in [0.15, 0.2) is 24.3 Å². The first-order valence-electron chi connectivity index (χ1n) is 6.26. The van der Waals surface area contributed by atoms with Crippen LogP contribution in [0.1, 0.15) is 25.3 Å². The molecular weight excluding hydrogens is 232 g/mol. The first-order chi connectivity index (χ1) is 8.17.